The van der Waals surface area contributed by atoms with Gasteiger partial charge >= 0.3 is 0 Å². The van der Waals surface area contributed by atoms with Gasteiger partial charge in [-0.05, 0) is 41.8 Å². The van der Waals surface area contributed by atoms with E-state index in [0.717, 1.165) is 6.07 Å². The molecule has 100 valence electrons. The summed E-state index contributed by atoms with van der Waals surface area (Å²) in [6, 6.07) is 8.43. The van der Waals surface area contributed by atoms with E-state index in [1.54, 1.807) is 18.2 Å². The average Bonchev–Trinajstić information content (AvgIpc) is 2.33. The second-order valence-corrected chi connectivity index (χ2v) is 5.10. The van der Waals surface area contributed by atoms with Crippen molar-refractivity contribution in [3.05, 3.63) is 69.2 Å². The van der Waals surface area contributed by atoms with E-state index in [-0.39, 0.29) is 12.0 Å². The summed E-state index contributed by atoms with van der Waals surface area (Å²) in [5.41, 5.74) is 6.88. The van der Waals surface area contributed by atoms with Crippen LogP contribution in [-0.4, -0.2) is 0 Å². The topological polar surface area (TPSA) is 26.0 Å². The third-order valence-electron chi connectivity index (χ3n) is 2.78. The maximum atomic E-state index is 13.6. The molecule has 5 heteroatoms. The lowest BCUT2D eigenvalue weighted by molar-refractivity contribution is 0.494. The summed E-state index contributed by atoms with van der Waals surface area (Å²) in [5.74, 6) is -1.75. The molecule has 2 aromatic carbocycles. The van der Waals surface area contributed by atoms with Gasteiger partial charge in [0.25, 0.3) is 0 Å². The average molecular weight is 302 g/mol. The van der Waals surface area contributed by atoms with E-state index in [0.29, 0.717) is 15.6 Å². The second-order valence-electron chi connectivity index (χ2n) is 4.23. The Labute approximate surface area is 119 Å². The van der Waals surface area contributed by atoms with Gasteiger partial charge in [-0.25, -0.2) is 8.78 Å². The molecule has 0 aliphatic carbocycles. The van der Waals surface area contributed by atoms with Gasteiger partial charge in [0.2, 0.25) is 0 Å². The van der Waals surface area contributed by atoms with Crippen molar-refractivity contribution in [2.45, 2.75) is 12.5 Å². The summed E-state index contributed by atoms with van der Waals surface area (Å²) in [6.07, 6.45) is 0.167. The molecule has 0 spiro atoms. The summed E-state index contributed by atoms with van der Waals surface area (Å²) < 4.78 is 26.7. The van der Waals surface area contributed by atoms with Crippen LogP contribution in [0.2, 0.25) is 10.0 Å². The van der Waals surface area contributed by atoms with Gasteiger partial charge in [-0.1, -0.05) is 35.3 Å². The Morgan fingerprint density at radius 1 is 1.05 bits per heavy atom. The first-order valence-electron chi connectivity index (χ1n) is 5.62. The zero-order chi connectivity index (χ0) is 14.0. The highest BCUT2D eigenvalue weighted by Crippen LogP contribution is 2.25. The van der Waals surface area contributed by atoms with E-state index in [1.807, 2.05) is 0 Å². The van der Waals surface area contributed by atoms with Crippen molar-refractivity contribution < 1.29 is 8.78 Å². The van der Waals surface area contributed by atoms with Gasteiger partial charge in [0.15, 0.2) is 11.6 Å². The molecule has 0 saturated heterocycles. The first-order valence-corrected chi connectivity index (χ1v) is 6.37. The molecule has 0 bridgehead atoms. The van der Waals surface area contributed by atoms with Crippen molar-refractivity contribution in [1.82, 2.24) is 0 Å². The lowest BCUT2D eigenvalue weighted by Crippen LogP contribution is -2.14. The molecule has 2 aromatic rings. The van der Waals surface area contributed by atoms with Gasteiger partial charge < -0.3 is 5.73 Å². The zero-order valence-electron chi connectivity index (χ0n) is 9.84. The Morgan fingerprint density at radius 2 is 1.68 bits per heavy atom. The van der Waals surface area contributed by atoms with Crippen LogP contribution in [-0.2, 0) is 6.42 Å². The maximum absolute atomic E-state index is 13.6. The fraction of sp³-hybridized carbons (Fsp3) is 0.143. The van der Waals surface area contributed by atoms with E-state index >= 15 is 0 Å². The third kappa shape index (κ3) is 3.44. The third-order valence-corrected chi connectivity index (χ3v) is 3.22. The molecular weight excluding hydrogens is 291 g/mol. The van der Waals surface area contributed by atoms with Crippen molar-refractivity contribution in [3.63, 3.8) is 0 Å². The predicted octanol–water partition coefficient (Wildman–Crippen LogP) is 4.51. The molecule has 1 atom stereocenters. The summed E-state index contributed by atoms with van der Waals surface area (Å²) >= 11 is 11.8. The molecule has 0 aliphatic rings. The lowest BCUT2D eigenvalue weighted by atomic mass is 9.99. The van der Waals surface area contributed by atoms with Crippen molar-refractivity contribution in [2.75, 3.05) is 0 Å². The minimum atomic E-state index is -0.881. The SMILES string of the molecule is NC(Cc1cccc(F)c1F)c1cc(Cl)cc(Cl)c1. The van der Waals surface area contributed by atoms with Crippen molar-refractivity contribution >= 4 is 23.2 Å². The minimum absolute atomic E-state index is 0.167. The van der Waals surface area contributed by atoms with Crippen molar-refractivity contribution in [2.24, 2.45) is 5.73 Å². The van der Waals surface area contributed by atoms with Crippen LogP contribution in [0.15, 0.2) is 36.4 Å². The minimum Gasteiger partial charge on any atom is -0.324 e. The molecule has 2 rings (SSSR count). The van der Waals surface area contributed by atoms with Crippen LogP contribution in [0.25, 0.3) is 0 Å². The van der Waals surface area contributed by atoms with Gasteiger partial charge in [0.05, 0.1) is 0 Å². The molecule has 1 unspecified atom stereocenters. The summed E-state index contributed by atoms with van der Waals surface area (Å²) in [4.78, 5) is 0. The molecule has 0 fully saturated rings. The summed E-state index contributed by atoms with van der Waals surface area (Å²) in [5, 5.41) is 0.912. The molecule has 0 amide bonds. The quantitative estimate of drug-likeness (QED) is 0.886. The highest BCUT2D eigenvalue weighted by atomic mass is 35.5. The smallest absolute Gasteiger partial charge is 0.162 e. The highest BCUT2D eigenvalue weighted by Gasteiger charge is 2.14. The molecule has 0 aliphatic heterocycles. The van der Waals surface area contributed by atoms with Crippen LogP contribution in [0.4, 0.5) is 8.78 Å². The van der Waals surface area contributed by atoms with Gasteiger partial charge in [-0.15, -0.1) is 0 Å². The summed E-state index contributed by atoms with van der Waals surface area (Å²) in [7, 11) is 0. The molecule has 0 radical (unpaired) electrons. The van der Waals surface area contributed by atoms with Crippen LogP contribution >= 0.6 is 23.2 Å². The Hall–Kier alpha value is -1.16. The Bertz CT molecular complexity index is 582. The fourth-order valence-electron chi connectivity index (χ4n) is 1.85. The predicted molar refractivity (Wildman–Crippen MR) is 73.5 cm³/mol. The standard InChI is InChI=1S/C14H11Cl2F2N/c15-10-4-9(5-11(16)7-10)13(19)6-8-2-1-3-12(17)14(8)18/h1-5,7,13H,6,19H2. The van der Waals surface area contributed by atoms with E-state index in [9.17, 15) is 8.78 Å². The number of halogens is 4. The molecule has 1 nitrogen and oxygen atoms in total. The second kappa shape index (κ2) is 5.87. The summed E-state index contributed by atoms with van der Waals surface area (Å²) in [6.45, 7) is 0. The molecule has 0 aromatic heterocycles. The largest absolute Gasteiger partial charge is 0.324 e. The molecule has 2 N–H and O–H groups in total. The first-order chi connectivity index (χ1) is 8.97. The van der Waals surface area contributed by atoms with E-state index in [1.165, 1.54) is 12.1 Å². The van der Waals surface area contributed by atoms with Crippen LogP contribution in [0.5, 0.6) is 0 Å². The Kier molecular flexibility index (Phi) is 4.40. The number of hydrogen-bond donors (Lipinski definition) is 1. The van der Waals surface area contributed by atoms with Crippen molar-refractivity contribution in [1.29, 1.82) is 0 Å². The Morgan fingerprint density at radius 3 is 2.32 bits per heavy atom. The number of hydrogen-bond acceptors (Lipinski definition) is 1. The Balaban J connectivity index is 2.25. The van der Waals surface area contributed by atoms with Gasteiger partial charge in [0, 0.05) is 16.1 Å². The molecule has 0 saturated carbocycles. The normalized spacial score (nSPS) is 12.5. The number of rotatable bonds is 3. The van der Waals surface area contributed by atoms with Crippen molar-refractivity contribution in [3.8, 4) is 0 Å². The lowest BCUT2D eigenvalue weighted by Gasteiger charge is -2.13. The van der Waals surface area contributed by atoms with E-state index < -0.39 is 17.7 Å². The van der Waals surface area contributed by atoms with E-state index in [2.05, 4.69) is 0 Å². The molecule has 19 heavy (non-hydrogen) atoms. The number of nitrogens with two attached hydrogens (primary N) is 1. The van der Waals surface area contributed by atoms with Gasteiger partial charge in [0.1, 0.15) is 0 Å². The maximum Gasteiger partial charge on any atom is 0.162 e. The highest BCUT2D eigenvalue weighted by molar-refractivity contribution is 6.34. The number of benzene rings is 2. The monoisotopic (exact) mass is 301 g/mol. The van der Waals surface area contributed by atoms with Crippen LogP contribution in [0.3, 0.4) is 0 Å². The first kappa shape index (κ1) is 14.3. The van der Waals surface area contributed by atoms with Crippen LogP contribution in [0, 0.1) is 11.6 Å². The van der Waals surface area contributed by atoms with Gasteiger partial charge in [-0.3, -0.25) is 0 Å². The fourth-order valence-corrected chi connectivity index (χ4v) is 2.39. The zero-order valence-corrected chi connectivity index (χ0v) is 11.3. The molecular formula is C14H11Cl2F2N. The van der Waals surface area contributed by atoms with Crippen LogP contribution in [0.1, 0.15) is 17.2 Å². The molecule has 0 heterocycles. The van der Waals surface area contributed by atoms with Gasteiger partial charge in [-0.2, -0.15) is 0 Å². The van der Waals surface area contributed by atoms with E-state index in [4.69, 9.17) is 28.9 Å². The van der Waals surface area contributed by atoms with Crippen LogP contribution < -0.4 is 5.73 Å².